The highest BCUT2D eigenvalue weighted by atomic mass is 35.5. The lowest BCUT2D eigenvalue weighted by molar-refractivity contribution is -0.121. The van der Waals surface area contributed by atoms with Gasteiger partial charge >= 0.3 is 0 Å². The van der Waals surface area contributed by atoms with Crippen molar-refractivity contribution in [2.75, 3.05) is 0 Å². The Labute approximate surface area is 136 Å². The summed E-state index contributed by atoms with van der Waals surface area (Å²) in [4.78, 5) is 12.2. The van der Waals surface area contributed by atoms with Crippen LogP contribution in [0, 0.1) is 0 Å². The highest BCUT2D eigenvalue weighted by Gasteiger charge is 2.15. The fraction of sp³-hybridized carbons (Fsp3) is 0.316. The van der Waals surface area contributed by atoms with Crippen molar-refractivity contribution < 1.29 is 4.79 Å². The molecule has 2 aromatic rings. The SMILES string of the molecule is C[C@H](NC(=O)Cc1cccc(Cl)c1)c1ccc2c(c1)CCC2. The Morgan fingerprint density at radius 1 is 1.18 bits per heavy atom. The van der Waals surface area contributed by atoms with Crippen molar-refractivity contribution in [1.82, 2.24) is 5.32 Å². The molecule has 0 heterocycles. The smallest absolute Gasteiger partial charge is 0.224 e. The lowest BCUT2D eigenvalue weighted by Gasteiger charge is -2.16. The largest absolute Gasteiger partial charge is 0.349 e. The van der Waals surface area contributed by atoms with Gasteiger partial charge in [0.05, 0.1) is 12.5 Å². The van der Waals surface area contributed by atoms with Gasteiger partial charge in [-0.3, -0.25) is 4.79 Å². The normalized spacial score (nSPS) is 14.5. The van der Waals surface area contributed by atoms with E-state index in [4.69, 9.17) is 11.6 Å². The number of amides is 1. The molecule has 0 bridgehead atoms. The summed E-state index contributed by atoms with van der Waals surface area (Å²) in [6.45, 7) is 2.03. The van der Waals surface area contributed by atoms with E-state index in [0.717, 1.165) is 12.0 Å². The summed E-state index contributed by atoms with van der Waals surface area (Å²) in [6, 6.07) is 14.0. The molecule has 3 rings (SSSR count). The topological polar surface area (TPSA) is 29.1 Å². The monoisotopic (exact) mass is 313 g/mol. The second-order valence-corrected chi connectivity index (χ2v) is 6.41. The van der Waals surface area contributed by atoms with Gasteiger partial charge < -0.3 is 5.32 Å². The third kappa shape index (κ3) is 3.50. The first-order chi connectivity index (χ1) is 10.6. The molecule has 0 radical (unpaired) electrons. The fourth-order valence-electron chi connectivity index (χ4n) is 3.07. The molecular formula is C19H20ClNO. The van der Waals surface area contributed by atoms with Crippen molar-refractivity contribution in [3.63, 3.8) is 0 Å². The quantitative estimate of drug-likeness (QED) is 0.898. The van der Waals surface area contributed by atoms with Crippen LogP contribution in [-0.4, -0.2) is 5.91 Å². The lowest BCUT2D eigenvalue weighted by Crippen LogP contribution is -2.28. The Morgan fingerprint density at radius 3 is 2.82 bits per heavy atom. The molecule has 0 saturated carbocycles. The molecule has 1 aliphatic rings. The third-order valence-electron chi connectivity index (χ3n) is 4.25. The van der Waals surface area contributed by atoms with Crippen molar-refractivity contribution in [3.8, 4) is 0 Å². The number of nitrogens with one attached hydrogen (secondary N) is 1. The summed E-state index contributed by atoms with van der Waals surface area (Å²) in [7, 11) is 0. The van der Waals surface area contributed by atoms with Gasteiger partial charge in [-0.1, -0.05) is 41.9 Å². The first kappa shape index (κ1) is 15.1. The molecule has 1 atom stereocenters. The Kier molecular flexibility index (Phi) is 4.49. The zero-order chi connectivity index (χ0) is 15.5. The van der Waals surface area contributed by atoms with Crippen LogP contribution in [0.2, 0.25) is 5.02 Å². The predicted octanol–water partition coefficient (Wildman–Crippen LogP) is 4.25. The van der Waals surface area contributed by atoms with E-state index in [2.05, 4.69) is 23.5 Å². The Hall–Kier alpha value is -1.80. The van der Waals surface area contributed by atoms with Gasteiger partial charge in [0.15, 0.2) is 0 Å². The average molecular weight is 314 g/mol. The molecule has 3 heteroatoms. The van der Waals surface area contributed by atoms with Gasteiger partial charge in [0, 0.05) is 5.02 Å². The summed E-state index contributed by atoms with van der Waals surface area (Å²) in [5.74, 6) is 0.0234. The number of fused-ring (bicyclic) bond motifs is 1. The highest BCUT2D eigenvalue weighted by molar-refractivity contribution is 6.30. The molecule has 0 saturated heterocycles. The van der Waals surface area contributed by atoms with E-state index in [0.29, 0.717) is 11.4 Å². The maximum absolute atomic E-state index is 12.2. The van der Waals surface area contributed by atoms with Crippen LogP contribution in [0.3, 0.4) is 0 Å². The fourth-order valence-corrected chi connectivity index (χ4v) is 3.28. The average Bonchev–Trinajstić information content (AvgIpc) is 2.94. The molecule has 0 fully saturated rings. The molecule has 1 amide bonds. The molecule has 2 aromatic carbocycles. The molecular weight excluding hydrogens is 294 g/mol. The summed E-state index contributed by atoms with van der Waals surface area (Å²) in [6.07, 6.45) is 3.95. The van der Waals surface area contributed by atoms with Gasteiger partial charge in [0.2, 0.25) is 5.91 Å². The lowest BCUT2D eigenvalue weighted by atomic mass is 10.0. The Bertz CT molecular complexity index is 696. The van der Waals surface area contributed by atoms with Crippen LogP contribution in [0.15, 0.2) is 42.5 Å². The molecule has 0 unspecified atom stereocenters. The standard InChI is InChI=1S/C19H20ClNO/c1-13(16-9-8-15-5-3-6-17(15)12-16)21-19(22)11-14-4-2-7-18(20)10-14/h2,4,7-10,12-13H,3,5-6,11H2,1H3,(H,21,22)/t13-/m0/s1. The molecule has 114 valence electrons. The van der Waals surface area contributed by atoms with Crippen LogP contribution in [0.1, 0.15) is 41.6 Å². The second kappa shape index (κ2) is 6.53. The van der Waals surface area contributed by atoms with Crippen molar-refractivity contribution in [3.05, 3.63) is 69.7 Å². The van der Waals surface area contributed by atoms with Crippen LogP contribution >= 0.6 is 11.6 Å². The predicted molar refractivity (Wildman–Crippen MR) is 90.2 cm³/mol. The molecule has 1 aliphatic carbocycles. The van der Waals surface area contributed by atoms with E-state index < -0.39 is 0 Å². The third-order valence-corrected chi connectivity index (χ3v) is 4.49. The summed E-state index contributed by atoms with van der Waals surface area (Å²) in [5.41, 5.74) is 5.01. The maximum atomic E-state index is 12.2. The molecule has 0 aromatic heterocycles. The van der Waals surface area contributed by atoms with E-state index in [-0.39, 0.29) is 11.9 Å². The van der Waals surface area contributed by atoms with Crippen LogP contribution in [-0.2, 0) is 24.1 Å². The number of hydrogen-bond donors (Lipinski definition) is 1. The van der Waals surface area contributed by atoms with Gasteiger partial charge in [0.25, 0.3) is 0 Å². The van der Waals surface area contributed by atoms with Gasteiger partial charge in [-0.05, 0) is 60.6 Å². The number of halogens is 1. The van der Waals surface area contributed by atoms with Gasteiger partial charge in [-0.25, -0.2) is 0 Å². The molecule has 0 aliphatic heterocycles. The van der Waals surface area contributed by atoms with E-state index in [1.165, 1.54) is 29.5 Å². The maximum Gasteiger partial charge on any atom is 0.224 e. The van der Waals surface area contributed by atoms with Crippen molar-refractivity contribution in [2.45, 2.75) is 38.6 Å². The van der Waals surface area contributed by atoms with Crippen LogP contribution in [0.25, 0.3) is 0 Å². The Morgan fingerprint density at radius 2 is 2.00 bits per heavy atom. The summed E-state index contributed by atoms with van der Waals surface area (Å²) >= 11 is 5.95. The van der Waals surface area contributed by atoms with Crippen molar-refractivity contribution in [1.29, 1.82) is 0 Å². The first-order valence-electron chi connectivity index (χ1n) is 7.77. The molecule has 22 heavy (non-hydrogen) atoms. The second-order valence-electron chi connectivity index (χ2n) is 5.98. The molecule has 0 spiro atoms. The van der Waals surface area contributed by atoms with Gasteiger partial charge in [-0.2, -0.15) is 0 Å². The molecule has 1 N–H and O–H groups in total. The number of aryl methyl sites for hydroxylation is 2. The first-order valence-corrected chi connectivity index (χ1v) is 8.15. The number of hydrogen-bond acceptors (Lipinski definition) is 1. The van der Waals surface area contributed by atoms with Gasteiger partial charge in [0.1, 0.15) is 0 Å². The number of carbonyl (C=O) groups is 1. The highest BCUT2D eigenvalue weighted by Crippen LogP contribution is 2.25. The van der Waals surface area contributed by atoms with Gasteiger partial charge in [-0.15, -0.1) is 0 Å². The van der Waals surface area contributed by atoms with Crippen LogP contribution < -0.4 is 5.32 Å². The van der Waals surface area contributed by atoms with Crippen molar-refractivity contribution in [2.24, 2.45) is 0 Å². The molecule has 2 nitrogen and oxygen atoms in total. The van der Waals surface area contributed by atoms with E-state index in [1.54, 1.807) is 0 Å². The summed E-state index contributed by atoms with van der Waals surface area (Å²) < 4.78 is 0. The van der Waals surface area contributed by atoms with Crippen LogP contribution in [0.5, 0.6) is 0 Å². The minimum absolute atomic E-state index is 0.0234. The van der Waals surface area contributed by atoms with E-state index in [1.807, 2.05) is 31.2 Å². The summed E-state index contributed by atoms with van der Waals surface area (Å²) in [5, 5.41) is 3.74. The van der Waals surface area contributed by atoms with E-state index in [9.17, 15) is 4.79 Å². The minimum atomic E-state index is 0.0234. The zero-order valence-electron chi connectivity index (χ0n) is 12.7. The minimum Gasteiger partial charge on any atom is -0.349 e. The number of rotatable bonds is 4. The zero-order valence-corrected chi connectivity index (χ0v) is 13.5. The van der Waals surface area contributed by atoms with Crippen LogP contribution in [0.4, 0.5) is 0 Å². The number of carbonyl (C=O) groups excluding carboxylic acids is 1. The Balaban J connectivity index is 1.63. The van der Waals surface area contributed by atoms with E-state index >= 15 is 0 Å². The van der Waals surface area contributed by atoms with Crippen molar-refractivity contribution >= 4 is 17.5 Å². The number of benzene rings is 2.